The third kappa shape index (κ3) is 3.46. The quantitative estimate of drug-likeness (QED) is 0.676. The fourth-order valence-electron chi connectivity index (χ4n) is 3.35. The number of hydrogen-bond acceptors (Lipinski definition) is 6. The lowest BCUT2D eigenvalue weighted by molar-refractivity contribution is -0.0500. The summed E-state index contributed by atoms with van der Waals surface area (Å²) in [5, 5.41) is 7.42. The maximum Gasteiger partial charge on any atom is 0.387 e. The molecule has 150 valence electrons. The maximum atomic E-state index is 12.9. The molecule has 3 aromatic rings. The van der Waals surface area contributed by atoms with Crippen LogP contribution in [0.5, 0.6) is 17.2 Å². The number of nitrogens with zero attached hydrogens (tertiary/aromatic N) is 3. The number of aromatic nitrogens is 3. The average molecular weight is 400 g/mol. The van der Waals surface area contributed by atoms with Crippen LogP contribution in [0.1, 0.15) is 17.2 Å². The number of halogens is 2. The number of rotatable bonds is 6. The molecule has 1 N–H and O–H groups in total. The molecule has 0 aliphatic carbocycles. The molecule has 29 heavy (non-hydrogen) atoms. The normalized spacial score (nSPS) is 15.3. The lowest BCUT2D eigenvalue weighted by atomic mass is 10.00. The molecule has 0 unspecified atom stereocenters. The number of fused-ring (bicyclic) bond motifs is 1. The molecule has 0 radical (unpaired) electrons. The van der Waals surface area contributed by atoms with Crippen LogP contribution < -0.4 is 19.5 Å². The van der Waals surface area contributed by atoms with Crippen molar-refractivity contribution >= 4 is 11.6 Å². The van der Waals surface area contributed by atoms with E-state index in [-0.39, 0.29) is 5.75 Å². The Bertz CT molecular complexity index is 1050. The molecule has 0 saturated heterocycles. The zero-order valence-electron chi connectivity index (χ0n) is 15.7. The van der Waals surface area contributed by atoms with E-state index in [0.29, 0.717) is 28.7 Å². The first-order valence-corrected chi connectivity index (χ1v) is 8.75. The molecule has 1 aliphatic heterocycles. The summed E-state index contributed by atoms with van der Waals surface area (Å²) in [6.07, 6.45) is 3.27. The van der Waals surface area contributed by atoms with Gasteiger partial charge in [-0.3, -0.25) is 0 Å². The summed E-state index contributed by atoms with van der Waals surface area (Å²) in [6, 6.07) is 11.7. The molecule has 2 aromatic carbocycles. The molecular formula is C20H18F2N4O3. The lowest BCUT2D eigenvalue weighted by Crippen LogP contribution is -2.21. The summed E-state index contributed by atoms with van der Waals surface area (Å²) in [7, 11) is 3.12. The second kappa shape index (κ2) is 7.78. The first-order valence-electron chi connectivity index (χ1n) is 8.75. The minimum atomic E-state index is -2.93. The van der Waals surface area contributed by atoms with Gasteiger partial charge in [0.05, 0.1) is 19.9 Å². The summed E-state index contributed by atoms with van der Waals surface area (Å²) in [5.74, 6) is 1.65. The van der Waals surface area contributed by atoms with Gasteiger partial charge in [-0.25, -0.2) is 4.68 Å². The van der Waals surface area contributed by atoms with Crippen LogP contribution in [-0.2, 0) is 0 Å². The van der Waals surface area contributed by atoms with E-state index in [1.807, 2.05) is 18.2 Å². The average Bonchev–Trinajstić information content (AvgIpc) is 3.21. The molecule has 2 heterocycles. The predicted octanol–water partition coefficient (Wildman–Crippen LogP) is 3.95. The van der Waals surface area contributed by atoms with Gasteiger partial charge >= 0.3 is 6.61 Å². The van der Waals surface area contributed by atoms with Gasteiger partial charge in [0, 0.05) is 11.1 Å². The van der Waals surface area contributed by atoms with Crippen molar-refractivity contribution in [3.8, 4) is 17.2 Å². The SMILES string of the molecule is COc1cccc([C@H]2C=C(c3ccccc3OC(F)F)Nc3ncnn32)c1OC. The van der Waals surface area contributed by atoms with Gasteiger partial charge in [-0.2, -0.15) is 18.9 Å². The van der Waals surface area contributed by atoms with E-state index in [9.17, 15) is 8.78 Å². The highest BCUT2D eigenvalue weighted by Gasteiger charge is 2.28. The predicted molar refractivity (Wildman–Crippen MR) is 102 cm³/mol. The van der Waals surface area contributed by atoms with Crippen LogP contribution in [0.2, 0.25) is 0 Å². The highest BCUT2D eigenvalue weighted by atomic mass is 19.3. The van der Waals surface area contributed by atoms with E-state index in [4.69, 9.17) is 9.47 Å². The zero-order chi connectivity index (χ0) is 20.4. The van der Waals surface area contributed by atoms with Gasteiger partial charge in [0.2, 0.25) is 5.95 Å². The molecule has 0 saturated carbocycles. The smallest absolute Gasteiger partial charge is 0.387 e. The van der Waals surface area contributed by atoms with Crippen LogP contribution in [0.25, 0.3) is 5.70 Å². The molecular weight excluding hydrogens is 382 g/mol. The molecule has 1 aliphatic rings. The van der Waals surface area contributed by atoms with E-state index in [1.54, 1.807) is 43.2 Å². The molecule has 0 fully saturated rings. The number of alkyl halides is 2. The summed E-state index contributed by atoms with van der Waals surface area (Å²) in [5.41, 5.74) is 1.83. The summed E-state index contributed by atoms with van der Waals surface area (Å²) in [6.45, 7) is -2.93. The van der Waals surface area contributed by atoms with Crippen molar-refractivity contribution in [2.45, 2.75) is 12.7 Å². The number of methoxy groups -OCH3 is 2. The number of ether oxygens (including phenoxy) is 3. The third-order valence-corrected chi connectivity index (χ3v) is 4.55. The number of hydrogen-bond donors (Lipinski definition) is 1. The van der Waals surface area contributed by atoms with Crippen LogP contribution in [0, 0.1) is 0 Å². The van der Waals surface area contributed by atoms with Crippen molar-refractivity contribution in [1.29, 1.82) is 0 Å². The Morgan fingerprint density at radius 1 is 1.03 bits per heavy atom. The first-order chi connectivity index (χ1) is 14.1. The highest BCUT2D eigenvalue weighted by molar-refractivity contribution is 5.80. The summed E-state index contributed by atoms with van der Waals surface area (Å²) >= 11 is 0. The third-order valence-electron chi connectivity index (χ3n) is 4.55. The number of nitrogens with one attached hydrogen (secondary N) is 1. The second-order valence-electron chi connectivity index (χ2n) is 6.14. The molecule has 0 spiro atoms. The van der Waals surface area contributed by atoms with E-state index in [0.717, 1.165) is 5.56 Å². The largest absolute Gasteiger partial charge is 0.493 e. The fourth-order valence-corrected chi connectivity index (χ4v) is 3.35. The van der Waals surface area contributed by atoms with Crippen molar-refractivity contribution in [3.05, 3.63) is 66.0 Å². The monoisotopic (exact) mass is 400 g/mol. The standard InChI is InChI=1S/C20H18F2N4O3/c1-27-17-9-5-7-13(18(17)28-2)15-10-14(25-20-23-11-24-26(15)20)12-6-3-4-8-16(12)29-19(21)22/h3-11,15,19H,1-2H3,(H,23,24,25)/t15-/m1/s1. The molecule has 0 amide bonds. The summed E-state index contributed by atoms with van der Waals surface area (Å²) in [4.78, 5) is 4.24. The Labute approximate surface area is 165 Å². The van der Waals surface area contributed by atoms with Crippen molar-refractivity contribution in [2.24, 2.45) is 0 Å². The van der Waals surface area contributed by atoms with Crippen molar-refractivity contribution < 1.29 is 23.0 Å². The van der Waals surface area contributed by atoms with Crippen LogP contribution in [0.3, 0.4) is 0 Å². The number of para-hydroxylation sites is 2. The van der Waals surface area contributed by atoms with Gasteiger partial charge in [0.1, 0.15) is 18.1 Å². The molecule has 4 rings (SSSR count). The topological polar surface area (TPSA) is 70.4 Å². The van der Waals surface area contributed by atoms with Crippen LogP contribution in [0.15, 0.2) is 54.9 Å². The van der Waals surface area contributed by atoms with E-state index >= 15 is 0 Å². The number of allylic oxidation sites excluding steroid dienone is 1. The van der Waals surface area contributed by atoms with E-state index in [1.165, 1.54) is 12.4 Å². The molecule has 7 nitrogen and oxygen atoms in total. The Kier molecular flexibility index (Phi) is 5.03. The lowest BCUT2D eigenvalue weighted by Gasteiger charge is -2.26. The van der Waals surface area contributed by atoms with Crippen molar-refractivity contribution in [1.82, 2.24) is 14.8 Å². The van der Waals surface area contributed by atoms with Gasteiger partial charge in [0.15, 0.2) is 11.5 Å². The van der Waals surface area contributed by atoms with Crippen LogP contribution in [-0.4, -0.2) is 35.6 Å². The summed E-state index contributed by atoms with van der Waals surface area (Å²) < 4.78 is 43.1. The van der Waals surface area contributed by atoms with Gasteiger partial charge in [0.25, 0.3) is 0 Å². The zero-order valence-corrected chi connectivity index (χ0v) is 15.7. The Balaban J connectivity index is 1.85. The van der Waals surface area contributed by atoms with Gasteiger partial charge in [-0.05, 0) is 24.3 Å². The Hall–Kier alpha value is -3.62. The van der Waals surface area contributed by atoms with Gasteiger partial charge in [-0.1, -0.05) is 24.3 Å². The minimum Gasteiger partial charge on any atom is -0.493 e. The number of benzene rings is 2. The van der Waals surface area contributed by atoms with Crippen molar-refractivity contribution in [3.63, 3.8) is 0 Å². The van der Waals surface area contributed by atoms with Crippen LogP contribution >= 0.6 is 0 Å². The van der Waals surface area contributed by atoms with E-state index in [2.05, 4.69) is 20.1 Å². The van der Waals surface area contributed by atoms with Crippen LogP contribution in [0.4, 0.5) is 14.7 Å². The second-order valence-corrected chi connectivity index (χ2v) is 6.14. The molecule has 1 atom stereocenters. The molecule has 9 heteroatoms. The van der Waals surface area contributed by atoms with E-state index < -0.39 is 12.7 Å². The first kappa shape index (κ1) is 18.7. The van der Waals surface area contributed by atoms with Gasteiger partial charge < -0.3 is 19.5 Å². The number of anilines is 1. The Morgan fingerprint density at radius 3 is 2.59 bits per heavy atom. The maximum absolute atomic E-state index is 12.9. The minimum absolute atomic E-state index is 0.0607. The fraction of sp³-hybridized carbons (Fsp3) is 0.200. The molecule has 0 bridgehead atoms. The molecule has 1 aromatic heterocycles. The Morgan fingerprint density at radius 2 is 1.83 bits per heavy atom. The van der Waals surface area contributed by atoms with Gasteiger partial charge in [-0.15, -0.1) is 0 Å². The highest BCUT2D eigenvalue weighted by Crippen LogP contribution is 2.41. The van der Waals surface area contributed by atoms with Crippen molar-refractivity contribution in [2.75, 3.05) is 19.5 Å².